The molecule has 2 aromatic heterocycles. The Morgan fingerprint density at radius 1 is 1.31 bits per heavy atom. The zero-order chi connectivity index (χ0) is 20.1. The molecule has 1 aliphatic rings. The largest absolute Gasteiger partial charge is 0.497 e. The lowest BCUT2D eigenvalue weighted by molar-refractivity contribution is -0.132. The topological polar surface area (TPSA) is 98.9 Å². The van der Waals surface area contributed by atoms with E-state index in [0.717, 1.165) is 30.7 Å². The average Bonchev–Trinajstić information content (AvgIpc) is 3.23. The normalized spacial score (nSPS) is 16.6. The molecule has 9 nitrogen and oxygen atoms in total. The minimum absolute atomic E-state index is 0.134. The molecule has 0 N–H and O–H groups in total. The highest BCUT2D eigenvalue weighted by atomic mass is 16.5. The van der Waals surface area contributed by atoms with Crippen molar-refractivity contribution in [1.82, 2.24) is 35.1 Å². The molecule has 1 atom stereocenters. The molecule has 0 radical (unpaired) electrons. The lowest BCUT2D eigenvalue weighted by atomic mass is 9.97. The van der Waals surface area contributed by atoms with Crippen LogP contribution < -0.4 is 4.74 Å². The van der Waals surface area contributed by atoms with Gasteiger partial charge in [0.15, 0.2) is 0 Å². The number of piperidine rings is 1. The Kier molecular flexibility index (Phi) is 5.73. The van der Waals surface area contributed by atoms with E-state index in [0.29, 0.717) is 36.9 Å². The van der Waals surface area contributed by atoms with Gasteiger partial charge in [0.05, 0.1) is 26.3 Å². The van der Waals surface area contributed by atoms with Gasteiger partial charge >= 0.3 is 0 Å². The summed E-state index contributed by atoms with van der Waals surface area (Å²) in [6.07, 6.45) is 7.20. The maximum absolute atomic E-state index is 12.8. The van der Waals surface area contributed by atoms with Gasteiger partial charge in [0.2, 0.25) is 11.7 Å². The Bertz CT molecular complexity index is 960. The van der Waals surface area contributed by atoms with Crippen LogP contribution >= 0.6 is 0 Å². The van der Waals surface area contributed by atoms with Crippen LogP contribution in [0.25, 0.3) is 11.5 Å². The monoisotopic (exact) mass is 393 g/mol. The number of likely N-dealkylation sites (tertiary alicyclic amines) is 1. The molecular formula is C20H23N7O2. The summed E-state index contributed by atoms with van der Waals surface area (Å²) in [5.41, 5.74) is 1.56. The maximum Gasteiger partial charge on any atom is 0.227 e. The van der Waals surface area contributed by atoms with Crippen molar-refractivity contribution >= 4 is 5.91 Å². The van der Waals surface area contributed by atoms with Gasteiger partial charge in [0, 0.05) is 25.5 Å². The van der Waals surface area contributed by atoms with Crippen LogP contribution in [0.1, 0.15) is 18.4 Å². The molecule has 3 heterocycles. The van der Waals surface area contributed by atoms with E-state index in [9.17, 15) is 4.79 Å². The van der Waals surface area contributed by atoms with Crippen molar-refractivity contribution in [3.05, 3.63) is 48.4 Å². The molecule has 1 aliphatic heterocycles. The van der Waals surface area contributed by atoms with Gasteiger partial charge in [0.1, 0.15) is 11.4 Å². The van der Waals surface area contributed by atoms with Crippen molar-refractivity contribution < 1.29 is 9.53 Å². The number of ether oxygens (including phenoxy) is 1. The number of hydrogen-bond acceptors (Lipinski definition) is 7. The summed E-state index contributed by atoms with van der Waals surface area (Å²) in [4.78, 5) is 24.5. The van der Waals surface area contributed by atoms with Crippen LogP contribution in [-0.2, 0) is 17.8 Å². The molecule has 1 amide bonds. The average molecular weight is 393 g/mol. The molecule has 0 spiro atoms. The van der Waals surface area contributed by atoms with Crippen LogP contribution in [0, 0.1) is 5.92 Å². The minimum Gasteiger partial charge on any atom is -0.497 e. The second-order valence-electron chi connectivity index (χ2n) is 7.13. The van der Waals surface area contributed by atoms with Crippen LogP contribution in [0.5, 0.6) is 5.75 Å². The van der Waals surface area contributed by atoms with Crippen molar-refractivity contribution in [3.8, 4) is 17.3 Å². The van der Waals surface area contributed by atoms with Crippen molar-refractivity contribution in [2.45, 2.75) is 25.8 Å². The van der Waals surface area contributed by atoms with Gasteiger partial charge in [0.25, 0.3) is 0 Å². The maximum atomic E-state index is 12.8. The molecule has 0 saturated carbocycles. The van der Waals surface area contributed by atoms with Crippen LogP contribution in [0.2, 0.25) is 0 Å². The van der Waals surface area contributed by atoms with E-state index in [-0.39, 0.29) is 5.91 Å². The number of benzene rings is 1. The number of amides is 1. The Morgan fingerprint density at radius 3 is 3.07 bits per heavy atom. The first-order valence-corrected chi connectivity index (χ1v) is 9.66. The highest BCUT2D eigenvalue weighted by Crippen LogP contribution is 2.20. The summed E-state index contributed by atoms with van der Waals surface area (Å²) in [6.45, 7) is 2.11. The molecule has 0 aliphatic carbocycles. The predicted octanol–water partition coefficient (Wildman–Crippen LogP) is 1.62. The van der Waals surface area contributed by atoms with Crippen molar-refractivity contribution in [2.24, 2.45) is 5.92 Å². The molecule has 3 aromatic rings. The second-order valence-corrected chi connectivity index (χ2v) is 7.13. The van der Waals surface area contributed by atoms with Gasteiger partial charge in [-0.2, -0.15) is 4.80 Å². The van der Waals surface area contributed by atoms with E-state index in [4.69, 9.17) is 4.74 Å². The molecule has 0 unspecified atom stereocenters. The van der Waals surface area contributed by atoms with Crippen molar-refractivity contribution in [1.29, 1.82) is 0 Å². The first-order valence-electron chi connectivity index (χ1n) is 9.66. The highest BCUT2D eigenvalue weighted by Gasteiger charge is 2.25. The number of nitrogens with zero attached hydrogens (tertiary/aromatic N) is 7. The number of rotatable bonds is 6. The molecule has 9 heteroatoms. The third-order valence-electron chi connectivity index (χ3n) is 5.03. The van der Waals surface area contributed by atoms with E-state index < -0.39 is 0 Å². The minimum atomic E-state index is 0.134. The SMILES string of the molecule is COc1cccc(CC(=O)N2CCC[C@H](Cn3nnc(-c4cnccn4)n3)C2)c1. The van der Waals surface area contributed by atoms with E-state index >= 15 is 0 Å². The summed E-state index contributed by atoms with van der Waals surface area (Å²) in [6, 6.07) is 7.65. The third-order valence-corrected chi connectivity index (χ3v) is 5.03. The van der Waals surface area contributed by atoms with Crippen LogP contribution in [-0.4, -0.2) is 61.2 Å². The molecule has 150 valence electrons. The molecule has 1 fully saturated rings. The standard InChI is InChI=1S/C20H23N7O2/c1-29-17-6-2-4-15(10-17)11-19(28)26-9-3-5-16(13-26)14-27-24-20(23-25-27)18-12-21-7-8-22-18/h2,4,6-8,10,12,16H,3,5,9,11,13-14H2,1H3/t16-/m0/s1. The first-order chi connectivity index (χ1) is 14.2. The smallest absolute Gasteiger partial charge is 0.227 e. The number of hydrogen-bond donors (Lipinski definition) is 0. The van der Waals surface area contributed by atoms with Crippen molar-refractivity contribution in [2.75, 3.05) is 20.2 Å². The van der Waals surface area contributed by atoms with Gasteiger partial charge in [-0.25, -0.2) is 4.98 Å². The van der Waals surface area contributed by atoms with Gasteiger partial charge in [-0.05, 0) is 41.7 Å². The van der Waals surface area contributed by atoms with Gasteiger partial charge in [-0.15, -0.1) is 10.2 Å². The quantitative estimate of drug-likeness (QED) is 0.627. The highest BCUT2D eigenvalue weighted by molar-refractivity contribution is 5.79. The summed E-state index contributed by atoms with van der Waals surface area (Å²) in [5, 5.41) is 12.6. The fourth-order valence-corrected chi connectivity index (χ4v) is 3.58. The number of aromatic nitrogens is 6. The lowest BCUT2D eigenvalue weighted by Gasteiger charge is -2.32. The zero-order valence-electron chi connectivity index (χ0n) is 16.3. The summed E-state index contributed by atoms with van der Waals surface area (Å²) >= 11 is 0. The molecule has 0 bridgehead atoms. The second kappa shape index (κ2) is 8.76. The Hall–Kier alpha value is -3.36. The molecule has 4 rings (SSSR count). The predicted molar refractivity (Wildman–Crippen MR) is 105 cm³/mol. The number of carbonyl (C=O) groups is 1. The van der Waals surface area contributed by atoms with E-state index in [2.05, 4.69) is 25.4 Å². The summed E-state index contributed by atoms with van der Waals surface area (Å²) in [5.74, 6) is 1.65. The van der Waals surface area contributed by atoms with Gasteiger partial charge < -0.3 is 9.64 Å². The van der Waals surface area contributed by atoms with Crippen LogP contribution in [0.3, 0.4) is 0 Å². The zero-order valence-corrected chi connectivity index (χ0v) is 16.3. The number of methoxy groups -OCH3 is 1. The lowest BCUT2D eigenvalue weighted by Crippen LogP contribution is -2.42. The number of tetrazole rings is 1. The fourth-order valence-electron chi connectivity index (χ4n) is 3.58. The molecular weight excluding hydrogens is 370 g/mol. The van der Waals surface area contributed by atoms with Crippen molar-refractivity contribution in [3.63, 3.8) is 0 Å². The van der Waals surface area contributed by atoms with E-state index in [1.54, 1.807) is 30.5 Å². The Labute approximate surface area is 168 Å². The van der Waals surface area contributed by atoms with Gasteiger partial charge in [-0.1, -0.05) is 12.1 Å². The van der Waals surface area contributed by atoms with Crippen LogP contribution in [0.4, 0.5) is 0 Å². The first kappa shape index (κ1) is 19.0. The third kappa shape index (κ3) is 4.74. The Morgan fingerprint density at radius 2 is 2.24 bits per heavy atom. The summed E-state index contributed by atoms with van der Waals surface area (Å²) < 4.78 is 5.24. The summed E-state index contributed by atoms with van der Waals surface area (Å²) in [7, 11) is 1.63. The van der Waals surface area contributed by atoms with Gasteiger partial charge in [-0.3, -0.25) is 9.78 Å². The number of carbonyl (C=O) groups excluding carboxylic acids is 1. The molecule has 1 aromatic carbocycles. The fraction of sp³-hybridized carbons (Fsp3) is 0.400. The Balaban J connectivity index is 1.36. The molecule has 29 heavy (non-hydrogen) atoms. The van der Waals surface area contributed by atoms with Crippen LogP contribution in [0.15, 0.2) is 42.9 Å². The molecule has 1 saturated heterocycles. The van der Waals surface area contributed by atoms with E-state index in [1.807, 2.05) is 29.2 Å². The van der Waals surface area contributed by atoms with E-state index in [1.165, 1.54) is 0 Å².